The molecule has 1 fully saturated rings. The zero-order chi connectivity index (χ0) is 18.0. The highest BCUT2D eigenvalue weighted by atomic mass is 32.1. The molecule has 0 aliphatic carbocycles. The highest BCUT2D eigenvalue weighted by molar-refractivity contribution is 7.13. The molecule has 0 aromatic carbocycles. The minimum atomic E-state index is -0.487. The highest BCUT2D eigenvalue weighted by Gasteiger charge is 2.38. The Labute approximate surface area is 150 Å². The molecule has 0 unspecified atom stereocenters. The summed E-state index contributed by atoms with van der Waals surface area (Å²) in [6, 6.07) is -0.886. The quantitative estimate of drug-likeness (QED) is 0.866. The monoisotopic (exact) mass is 362 g/mol. The van der Waals surface area contributed by atoms with Crippen LogP contribution in [0.15, 0.2) is 17.9 Å². The molecule has 2 amide bonds. The molecule has 1 saturated heterocycles. The van der Waals surface area contributed by atoms with E-state index >= 15 is 0 Å². The van der Waals surface area contributed by atoms with Gasteiger partial charge in [-0.2, -0.15) is 0 Å². The van der Waals surface area contributed by atoms with Gasteiger partial charge in [-0.1, -0.05) is 19.1 Å². The zero-order valence-corrected chi connectivity index (χ0v) is 15.4. The Morgan fingerprint density at radius 1 is 1.40 bits per heavy atom. The van der Waals surface area contributed by atoms with E-state index < -0.39 is 12.1 Å². The Morgan fingerprint density at radius 3 is 2.84 bits per heavy atom. The summed E-state index contributed by atoms with van der Waals surface area (Å²) in [5, 5.41) is 11.0. The summed E-state index contributed by atoms with van der Waals surface area (Å²) in [4.78, 5) is 31.9. The summed E-state index contributed by atoms with van der Waals surface area (Å²) in [7, 11) is 1.60. The van der Waals surface area contributed by atoms with Gasteiger partial charge in [-0.15, -0.1) is 16.4 Å². The highest BCUT2D eigenvalue weighted by Crippen LogP contribution is 2.28. The lowest BCUT2D eigenvalue weighted by molar-refractivity contribution is -0.142. The fourth-order valence-electron chi connectivity index (χ4n) is 3.21. The van der Waals surface area contributed by atoms with Gasteiger partial charge in [0, 0.05) is 19.8 Å². The minimum absolute atomic E-state index is 0.0226. The van der Waals surface area contributed by atoms with Crippen molar-refractivity contribution in [3.63, 3.8) is 0 Å². The maximum atomic E-state index is 13.2. The normalized spacial score (nSPS) is 18.6. The molecule has 0 radical (unpaired) electrons. The van der Waals surface area contributed by atoms with Crippen molar-refractivity contribution in [1.29, 1.82) is 0 Å². The molecule has 0 spiro atoms. The van der Waals surface area contributed by atoms with Crippen LogP contribution in [0.2, 0.25) is 0 Å². The van der Waals surface area contributed by atoms with E-state index in [0.29, 0.717) is 18.7 Å². The molecule has 3 heterocycles. The van der Waals surface area contributed by atoms with Crippen LogP contribution in [0.3, 0.4) is 0 Å². The fraction of sp³-hybridized carbons (Fsp3) is 0.562. The first-order valence-corrected chi connectivity index (χ1v) is 9.23. The number of hydrogen-bond donors (Lipinski definition) is 1. The van der Waals surface area contributed by atoms with Crippen LogP contribution < -0.4 is 5.32 Å². The molecular formula is C16H22N6O2S. The number of rotatable bonds is 5. The number of carbonyl (C=O) groups excluding carboxylic acids is 2. The lowest BCUT2D eigenvalue weighted by atomic mass is 10.0. The topological polar surface area (TPSA) is 93.0 Å². The first kappa shape index (κ1) is 17.5. The third-order valence-electron chi connectivity index (χ3n) is 4.45. The molecule has 25 heavy (non-hydrogen) atoms. The maximum absolute atomic E-state index is 13.2. The van der Waals surface area contributed by atoms with Crippen LogP contribution in [-0.4, -0.2) is 56.3 Å². The smallest absolute Gasteiger partial charge is 0.248 e. The molecule has 8 nitrogen and oxygen atoms in total. The molecule has 2 aromatic heterocycles. The van der Waals surface area contributed by atoms with Crippen LogP contribution in [-0.2, 0) is 9.59 Å². The molecule has 134 valence electrons. The Bertz CT molecular complexity index is 742. The van der Waals surface area contributed by atoms with E-state index in [-0.39, 0.29) is 17.7 Å². The van der Waals surface area contributed by atoms with Gasteiger partial charge < -0.3 is 10.2 Å². The van der Waals surface area contributed by atoms with Gasteiger partial charge >= 0.3 is 0 Å². The molecule has 3 rings (SSSR count). The lowest BCUT2D eigenvalue weighted by Crippen LogP contribution is -2.48. The first-order valence-electron chi connectivity index (χ1n) is 8.35. The summed E-state index contributed by atoms with van der Waals surface area (Å²) in [6.45, 7) is 4.54. The average molecular weight is 362 g/mol. The zero-order valence-electron chi connectivity index (χ0n) is 14.5. The molecule has 2 aromatic rings. The molecule has 1 aliphatic rings. The molecular weight excluding hydrogens is 340 g/mol. The number of nitrogens with zero attached hydrogens (tertiary/aromatic N) is 5. The van der Waals surface area contributed by atoms with E-state index in [0.717, 1.165) is 11.3 Å². The molecule has 0 bridgehead atoms. The van der Waals surface area contributed by atoms with Crippen molar-refractivity contribution in [2.24, 2.45) is 5.92 Å². The average Bonchev–Trinajstić information content (AvgIpc) is 3.32. The Balaban J connectivity index is 1.86. The van der Waals surface area contributed by atoms with Gasteiger partial charge in [0.1, 0.15) is 17.8 Å². The molecule has 1 N–H and O–H groups in total. The van der Waals surface area contributed by atoms with Crippen LogP contribution in [0.4, 0.5) is 0 Å². The van der Waals surface area contributed by atoms with Crippen molar-refractivity contribution < 1.29 is 9.59 Å². The van der Waals surface area contributed by atoms with Gasteiger partial charge in [0.15, 0.2) is 0 Å². The second-order valence-electron chi connectivity index (χ2n) is 6.44. The number of hydrogen-bond acceptors (Lipinski definition) is 6. The number of aromatic nitrogens is 4. The van der Waals surface area contributed by atoms with Crippen molar-refractivity contribution in [2.45, 2.75) is 38.8 Å². The second-order valence-corrected chi connectivity index (χ2v) is 7.33. The van der Waals surface area contributed by atoms with Gasteiger partial charge in [-0.3, -0.25) is 14.6 Å². The minimum Gasteiger partial charge on any atom is -0.357 e. The maximum Gasteiger partial charge on any atom is 0.248 e. The Morgan fingerprint density at radius 2 is 2.20 bits per heavy atom. The lowest BCUT2D eigenvalue weighted by Gasteiger charge is -2.29. The fourth-order valence-corrected chi connectivity index (χ4v) is 3.78. The molecule has 2 atom stereocenters. The summed E-state index contributed by atoms with van der Waals surface area (Å²) < 4.78 is 1.61. The van der Waals surface area contributed by atoms with E-state index in [1.807, 2.05) is 13.8 Å². The van der Waals surface area contributed by atoms with Crippen molar-refractivity contribution >= 4 is 23.2 Å². The predicted octanol–water partition coefficient (Wildman–Crippen LogP) is 1.34. The first-order chi connectivity index (χ1) is 12.0. The van der Waals surface area contributed by atoms with Crippen molar-refractivity contribution in [1.82, 2.24) is 30.2 Å². The van der Waals surface area contributed by atoms with E-state index in [9.17, 15) is 9.59 Å². The van der Waals surface area contributed by atoms with E-state index in [4.69, 9.17) is 0 Å². The number of nitrogens with one attached hydrogen (secondary N) is 1. The standard InChI is InChI=1S/C16H22N6O2S/c1-10(2)14(16(24)21-6-4-5-12(21)15(23)17-3)22-8-11(19-20-22)13-7-18-9-25-13/h7-10,12,14H,4-6H2,1-3H3,(H,17,23)/t12-,14+/m0/s1. The SMILES string of the molecule is CNC(=O)[C@@H]1CCCN1C(=O)[C@@H](C(C)C)n1cc(-c2cncs2)nn1. The van der Waals surface area contributed by atoms with Crippen LogP contribution >= 0.6 is 11.3 Å². The number of thiazole rings is 1. The molecule has 9 heteroatoms. The Hall–Kier alpha value is -2.29. The van der Waals surface area contributed by atoms with Crippen LogP contribution in [0, 0.1) is 5.92 Å². The number of likely N-dealkylation sites (tertiary alicyclic amines) is 1. The van der Waals surface area contributed by atoms with E-state index in [2.05, 4.69) is 20.6 Å². The Kier molecular flexibility index (Phi) is 5.12. The van der Waals surface area contributed by atoms with E-state index in [1.54, 1.807) is 34.5 Å². The number of carbonyl (C=O) groups is 2. The third kappa shape index (κ3) is 3.41. The van der Waals surface area contributed by atoms with Gasteiger partial charge in [0.05, 0.1) is 16.6 Å². The van der Waals surface area contributed by atoms with E-state index in [1.165, 1.54) is 11.3 Å². The van der Waals surface area contributed by atoms with Crippen molar-refractivity contribution in [3.05, 3.63) is 17.9 Å². The summed E-state index contributed by atoms with van der Waals surface area (Å²) in [5.41, 5.74) is 2.43. The molecule has 1 aliphatic heterocycles. The third-order valence-corrected chi connectivity index (χ3v) is 5.25. The van der Waals surface area contributed by atoms with Crippen LogP contribution in [0.25, 0.3) is 10.6 Å². The number of amides is 2. The molecule has 0 saturated carbocycles. The summed E-state index contributed by atoms with van der Waals surface area (Å²) in [5.74, 6) is -0.173. The predicted molar refractivity (Wildman–Crippen MR) is 93.8 cm³/mol. The van der Waals surface area contributed by atoms with Crippen LogP contribution in [0.1, 0.15) is 32.7 Å². The van der Waals surface area contributed by atoms with Crippen LogP contribution in [0.5, 0.6) is 0 Å². The number of likely N-dealkylation sites (N-methyl/N-ethyl adjacent to an activating group) is 1. The van der Waals surface area contributed by atoms with Crippen molar-refractivity contribution in [3.8, 4) is 10.6 Å². The van der Waals surface area contributed by atoms with Crippen molar-refractivity contribution in [2.75, 3.05) is 13.6 Å². The van der Waals surface area contributed by atoms with Gasteiger partial charge in [0.2, 0.25) is 11.8 Å². The summed E-state index contributed by atoms with van der Waals surface area (Å²) in [6.07, 6.45) is 5.03. The van der Waals surface area contributed by atoms with Gasteiger partial charge in [-0.25, -0.2) is 4.68 Å². The summed E-state index contributed by atoms with van der Waals surface area (Å²) >= 11 is 1.48. The van der Waals surface area contributed by atoms with Gasteiger partial charge in [0.25, 0.3) is 0 Å². The largest absolute Gasteiger partial charge is 0.357 e. The second kappa shape index (κ2) is 7.30. The van der Waals surface area contributed by atoms with Gasteiger partial charge in [-0.05, 0) is 18.8 Å².